The molecule has 19 heavy (non-hydrogen) atoms. The number of carboxylic acids is 1. The number of H-pyrrole nitrogens is 1. The average molecular weight is 323 g/mol. The van der Waals surface area contributed by atoms with Crippen LogP contribution in [0.1, 0.15) is 26.4 Å². The van der Waals surface area contributed by atoms with Crippen molar-refractivity contribution in [3.05, 3.63) is 45.6 Å². The van der Waals surface area contributed by atoms with E-state index in [1.807, 2.05) is 0 Å². The van der Waals surface area contributed by atoms with Crippen molar-refractivity contribution in [1.29, 1.82) is 0 Å². The highest BCUT2D eigenvalue weighted by Gasteiger charge is 2.20. The van der Waals surface area contributed by atoms with E-state index in [0.717, 1.165) is 5.69 Å². The number of benzene rings is 1. The summed E-state index contributed by atoms with van der Waals surface area (Å²) in [6, 6.07) is 6.44. The van der Waals surface area contributed by atoms with Crippen LogP contribution in [-0.4, -0.2) is 22.0 Å². The van der Waals surface area contributed by atoms with Crippen LogP contribution >= 0.6 is 15.9 Å². The Morgan fingerprint density at radius 2 is 1.84 bits per heavy atom. The number of nitrogens with one attached hydrogen (secondary N) is 1. The Balaban J connectivity index is 2.56. The molecule has 0 unspecified atom stereocenters. The van der Waals surface area contributed by atoms with Gasteiger partial charge in [0.25, 0.3) is 0 Å². The van der Waals surface area contributed by atoms with E-state index in [1.54, 1.807) is 31.2 Å². The summed E-state index contributed by atoms with van der Waals surface area (Å²) in [6.07, 6.45) is 0. The maximum Gasteiger partial charge on any atom is 0.339 e. The number of rotatable bonds is 3. The zero-order valence-corrected chi connectivity index (χ0v) is 11.6. The molecule has 0 bridgehead atoms. The number of aromatic amines is 1. The number of primary amides is 1. The summed E-state index contributed by atoms with van der Waals surface area (Å²) in [4.78, 5) is 25.3. The summed E-state index contributed by atoms with van der Waals surface area (Å²) in [6.45, 7) is 1.78. The molecule has 0 spiro atoms. The molecule has 0 atom stereocenters. The highest BCUT2D eigenvalue weighted by Crippen LogP contribution is 2.31. The summed E-state index contributed by atoms with van der Waals surface area (Å²) in [5, 5.41) is 9.24. The van der Waals surface area contributed by atoms with Crippen molar-refractivity contribution in [2.24, 2.45) is 5.73 Å². The third-order valence-electron chi connectivity index (χ3n) is 2.78. The second-order valence-electron chi connectivity index (χ2n) is 4.06. The second kappa shape index (κ2) is 4.89. The lowest BCUT2D eigenvalue weighted by atomic mass is 10.1. The van der Waals surface area contributed by atoms with E-state index < -0.39 is 11.9 Å². The number of hydrogen-bond donors (Lipinski definition) is 3. The molecule has 2 rings (SSSR count). The second-order valence-corrected chi connectivity index (χ2v) is 4.85. The first-order chi connectivity index (χ1) is 8.91. The van der Waals surface area contributed by atoms with E-state index in [1.165, 1.54) is 0 Å². The van der Waals surface area contributed by atoms with Crippen LogP contribution < -0.4 is 5.73 Å². The van der Waals surface area contributed by atoms with Crippen LogP contribution in [0.3, 0.4) is 0 Å². The maximum absolute atomic E-state index is 11.3. The molecule has 1 heterocycles. The first-order valence-electron chi connectivity index (χ1n) is 5.43. The molecule has 0 aliphatic heterocycles. The summed E-state index contributed by atoms with van der Waals surface area (Å²) < 4.78 is 0.522. The molecule has 0 aliphatic carbocycles. The van der Waals surface area contributed by atoms with Crippen molar-refractivity contribution in [2.45, 2.75) is 6.92 Å². The Bertz CT molecular complexity index is 659. The van der Waals surface area contributed by atoms with Crippen LogP contribution in [0, 0.1) is 6.92 Å². The smallest absolute Gasteiger partial charge is 0.339 e. The fraction of sp³-hybridized carbons (Fsp3) is 0.0769. The predicted molar refractivity (Wildman–Crippen MR) is 74.1 cm³/mol. The monoisotopic (exact) mass is 322 g/mol. The van der Waals surface area contributed by atoms with Gasteiger partial charge in [0.15, 0.2) is 0 Å². The van der Waals surface area contributed by atoms with E-state index in [4.69, 9.17) is 5.73 Å². The van der Waals surface area contributed by atoms with Gasteiger partial charge in [0.05, 0.1) is 15.7 Å². The fourth-order valence-electron chi connectivity index (χ4n) is 1.82. The first-order valence-corrected chi connectivity index (χ1v) is 6.22. The zero-order chi connectivity index (χ0) is 14.2. The lowest BCUT2D eigenvalue weighted by Crippen LogP contribution is -2.10. The first kappa shape index (κ1) is 13.4. The van der Waals surface area contributed by atoms with Crippen LogP contribution in [0.15, 0.2) is 28.7 Å². The predicted octanol–water partition coefficient (Wildman–Crippen LogP) is 2.55. The Kier molecular flexibility index (Phi) is 3.44. The lowest BCUT2D eigenvalue weighted by molar-refractivity contribution is 0.0696. The number of nitrogens with two attached hydrogens (primary N) is 1. The van der Waals surface area contributed by atoms with Crippen LogP contribution in [0.5, 0.6) is 0 Å². The van der Waals surface area contributed by atoms with Gasteiger partial charge in [-0.3, -0.25) is 4.79 Å². The van der Waals surface area contributed by atoms with E-state index >= 15 is 0 Å². The number of aromatic nitrogens is 1. The van der Waals surface area contributed by atoms with Gasteiger partial charge >= 0.3 is 5.97 Å². The van der Waals surface area contributed by atoms with E-state index in [0.29, 0.717) is 21.3 Å². The topological polar surface area (TPSA) is 96.2 Å². The third-order valence-corrected chi connectivity index (χ3v) is 3.77. The van der Waals surface area contributed by atoms with Gasteiger partial charge in [0, 0.05) is 11.3 Å². The van der Waals surface area contributed by atoms with Gasteiger partial charge in [-0.15, -0.1) is 0 Å². The molecule has 1 aromatic heterocycles. The standard InChI is InChI=1S/C13H11BrN2O3/c1-6-10(14)9(13(18)19)11(16-6)7-2-4-8(5-3-7)12(15)17/h2-5,16H,1H3,(H2,15,17)(H,18,19). The van der Waals surface area contributed by atoms with Crippen molar-refractivity contribution in [3.8, 4) is 11.3 Å². The minimum Gasteiger partial charge on any atom is -0.478 e. The molecular weight excluding hydrogens is 312 g/mol. The highest BCUT2D eigenvalue weighted by atomic mass is 79.9. The summed E-state index contributed by atoms with van der Waals surface area (Å²) in [7, 11) is 0. The molecule has 6 heteroatoms. The minimum absolute atomic E-state index is 0.171. The number of carbonyl (C=O) groups is 2. The van der Waals surface area contributed by atoms with Gasteiger partial charge < -0.3 is 15.8 Å². The minimum atomic E-state index is -1.02. The molecule has 0 aliphatic rings. The van der Waals surface area contributed by atoms with Gasteiger partial charge in [-0.05, 0) is 40.5 Å². The molecule has 0 fully saturated rings. The van der Waals surface area contributed by atoms with E-state index in [9.17, 15) is 14.7 Å². The molecule has 0 saturated heterocycles. The number of carbonyl (C=O) groups excluding carboxylic acids is 1. The number of amides is 1. The number of aromatic carboxylic acids is 1. The van der Waals surface area contributed by atoms with Crippen molar-refractivity contribution in [2.75, 3.05) is 0 Å². The maximum atomic E-state index is 11.3. The van der Waals surface area contributed by atoms with Crippen LogP contribution in [0.4, 0.5) is 0 Å². The molecule has 1 amide bonds. The van der Waals surface area contributed by atoms with Crippen molar-refractivity contribution in [3.63, 3.8) is 0 Å². The quantitative estimate of drug-likeness (QED) is 0.810. The Hall–Kier alpha value is -2.08. The molecule has 4 N–H and O–H groups in total. The van der Waals surface area contributed by atoms with E-state index in [2.05, 4.69) is 20.9 Å². The normalized spacial score (nSPS) is 10.4. The SMILES string of the molecule is Cc1[nH]c(-c2ccc(C(N)=O)cc2)c(C(=O)O)c1Br. The van der Waals surface area contributed by atoms with Crippen LogP contribution in [0.25, 0.3) is 11.3 Å². The number of halogens is 1. The number of hydrogen-bond acceptors (Lipinski definition) is 2. The van der Waals surface area contributed by atoms with Crippen molar-refractivity contribution in [1.82, 2.24) is 4.98 Å². The lowest BCUT2D eigenvalue weighted by Gasteiger charge is -2.02. The zero-order valence-electron chi connectivity index (χ0n) is 10.0. The molecule has 98 valence electrons. The summed E-state index contributed by atoms with van der Waals surface area (Å²) in [5.74, 6) is -1.54. The Morgan fingerprint density at radius 3 is 2.32 bits per heavy atom. The Morgan fingerprint density at radius 1 is 1.26 bits per heavy atom. The van der Waals surface area contributed by atoms with Crippen LogP contribution in [0.2, 0.25) is 0 Å². The van der Waals surface area contributed by atoms with Crippen LogP contribution in [-0.2, 0) is 0 Å². The van der Waals surface area contributed by atoms with E-state index in [-0.39, 0.29) is 5.56 Å². The summed E-state index contributed by atoms with van der Waals surface area (Å²) >= 11 is 3.25. The molecular formula is C13H11BrN2O3. The highest BCUT2D eigenvalue weighted by molar-refractivity contribution is 9.10. The van der Waals surface area contributed by atoms with Gasteiger partial charge in [-0.25, -0.2) is 4.79 Å². The average Bonchev–Trinajstić information content (AvgIpc) is 2.66. The largest absolute Gasteiger partial charge is 0.478 e. The molecule has 0 saturated carbocycles. The molecule has 1 aromatic carbocycles. The van der Waals surface area contributed by atoms with Gasteiger partial charge in [-0.2, -0.15) is 0 Å². The molecule has 0 radical (unpaired) electrons. The summed E-state index contributed by atoms with van der Waals surface area (Å²) in [5.41, 5.74) is 7.61. The molecule has 5 nitrogen and oxygen atoms in total. The molecule has 2 aromatic rings. The number of carboxylic acid groups (broad SMARTS) is 1. The van der Waals surface area contributed by atoms with Gasteiger partial charge in [0.2, 0.25) is 5.91 Å². The number of aryl methyl sites for hydroxylation is 1. The Labute approximate surface area is 117 Å². The van der Waals surface area contributed by atoms with Crippen molar-refractivity contribution >= 4 is 27.8 Å². The fourth-order valence-corrected chi connectivity index (χ4v) is 2.29. The third kappa shape index (κ3) is 2.39. The van der Waals surface area contributed by atoms with Gasteiger partial charge in [-0.1, -0.05) is 12.1 Å². The van der Waals surface area contributed by atoms with Gasteiger partial charge in [0.1, 0.15) is 0 Å². The van der Waals surface area contributed by atoms with Crippen molar-refractivity contribution < 1.29 is 14.7 Å².